The van der Waals surface area contributed by atoms with Gasteiger partial charge in [-0.3, -0.25) is 14.4 Å². The molecule has 34 heavy (non-hydrogen) atoms. The highest BCUT2D eigenvalue weighted by atomic mass is 16.5. The normalized spacial score (nSPS) is 10.5. The van der Waals surface area contributed by atoms with Crippen molar-refractivity contribution < 1.29 is 19.1 Å². The molecule has 0 aliphatic rings. The predicted octanol–water partition coefficient (Wildman–Crippen LogP) is 3.66. The van der Waals surface area contributed by atoms with Gasteiger partial charge >= 0.3 is 11.8 Å². The SMILES string of the molecule is CCc1ccccc1NC(=O)COc1ccccc1/C=N\NC(=O)C(=O)Nc1cccc(C)c1. The van der Waals surface area contributed by atoms with Crippen LogP contribution in [0.4, 0.5) is 11.4 Å². The number of carbonyl (C=O) groups excluding carboxylic acids is 3. The van der Waals surface area contributed by atoms with Crippen molar-refractivity contribution in [2.24, 2.45) is 5.10 Å². The van der Waals surface area contributed by atoms with Crippen LogP contribution in [0.2, 0.25) is 0 Å². The number of rotatable bonds is 8. The molecule has 0 spiro atoms. The molecule has 3 aromatic carbocycles. The molecule has 0 radical (unpaired) electrons. The van der Waals surface area contributed by atoms with Crippen LogP contribution >= 0.6 is 0 Å². The summed E-state index contributed by atoms with van der Waals surface area (Å²) in [6.07, 6.45) is 2.14. The summed E-state index contributed by atoms with van der Waals surface area (Å²) in [5.74, 6) is -1.64. The summed E-state index contributed by atoms with van der Waals surface area (Å²) in [6, 6.07) is 21.6. The van der Waals surface area contributed by atoms with Crippen LogP contribution in [0.1, 0.15) is 23.6 Å². The van der Waals surface area contributed by atoms with Crippen molar-refractivity contribution in [3.63, 3.8) is 0 Å². The van der Waals surface area contributed by atoms with E-state index in [0.717, 1.165) is 23.2 Å². The molecule has 0 bridgehead atoms. The molecule has 3 rings (SSSR count). The lowest BCUT2D eigenvalue weighted by atomic mass is 10.1. The molecular formula is C26H26N4O4. The number of amides is 3. The van der Waals surface area contributed by atoms with Gasteiger partial charge in [-0.05, 0) is 54.8 Å². The highest BCUT2D eigenvalue weighted by molar-refractivity contribution is 6.39. The van der Waals surface area contributed by atoms with Gasteiger partial charge in [-0.25, -0.2) is 5.43 Å². The van der Waals surface area contributed by atoms with Crippen LogP contribution in [0.5, 0.6) is 5.75 Å². The fourth-order valence-corrected chi connectivity index (χ4v) is 3.12. The Bertz CT molecular complexity index is 1210. The number of nitrogens with zero attached hydrogens (tertiary/aromatic N) is 1. The van der Waals surface area contributed by atoms with Crippen molar-refractivity contribution in [3.05, 3.63) is 89.5 Å². The largest absolute Gasteiger partial charge is 0.483 e. The number of hydrogen-bond acceptors (Lipinski definition) is 5. The maximum absolute atomic E-state index is 12.3. The Labute approximate surface area is 198 Å². The maximum atomic E-state index is 12.3. The van der Waals surface area contributed by atoms with E-state index < -0.39 is 11.8 Å². The Morgan fingerprint density at radius 2 is 1.68 bits per heavy atom. The second-order valence-corrected chi connectivity index (χ2v) is 7.41. The van der Waals surface area contributed by atoms with Crippen molar-refractivity contribution in [1.82, 2.24) is 5.43 Å². The third-order valence-electron chi connectivity index (χ3n) is 4.80. The summed E-state index contributed by atoms with van der Waals surface area (Å²) in [6.45, 7) is 3.70. The molecule has 3 aromatic rings. The van der Waals surface area contributed by atoms with Crippen LogP contribution in [0.3, 0.4) is 0 Å². The van der Waals surface area contributed by atoms with E-state index in [1.54, 1.807) is 42.5 Å². The minimum absolute atomic E-state index is 0.200. The van der Waals surface area contributed by atoms with E-state index in [2.05, 4.69) is 21.2 Å². The van der Waals surface area contributed by atoms with E-state index in [9.17, 15) is 14.4 Å². The van der Waals surface area contributed by atoms with Crippen LogP contribution < -0.4 is 20.8 Å². The minimum Gasteiger partial charge on any atom is -0.483 e. The van der Waals surface area contributed by atoms with Gasteiger partial charge in [-0.2, -0.15) is 5.10 Å². The summed E-state index contributed by atoms with van der Waals surface area (Å²) in [4.78, 5) is 36.4. The molecule has 0 atom stereocenters. The van der Waals surface area contributed by atoms with E-state index >= 15 is 0 Å². The number of benzene rings is 3. The van der Waals surface area contributed by atoms with Gasteiger partial charge in [-0.15, -0.1) is 0 Å². The number of hydrazone groups is 1. The van der Waals surface area contributed by atoms with Crippen molar-refractivity contribution in [2.45, 2.75) is 20.3 Å². The molecule has 3 amide bonds. The van der Waals surface area contributed by atoms with Crippen molar-refractivity contribution >= 4 is 35.3 Å². The highest BCUT2D eigenvalue weighted by Crippen LogP contribution is 2.17. The van der Waals surface area contributed by atoms with Gasteiger partial charge < -0.3 is 15.4 Å². The van der Waals surface area contributed by atoms with E-state index in [4.69, 9.17) is 4.74 Å². The Morgan fingerprint density at radius 1 is 0.912 bits per heavy atom. The molecule has 0 aliphatic carbocycles. The molecule has 8 heteroatoms. The first-order chi connectivity index (χ1) is 16.5. The predicted molar refractivity (Wildman–Crippen MR) is 132 cm³/mol. The summed E-state index contributed by atoms with van der Waals surface area (Å²) in [5.41, 5.74) is 5.97. The van der Waals surface area contributed by atoms with Crippen LogP contribution in [0.25, 0.3) is 0 Å². The number of aryl methyl sites for hydroxylation is 2. The first-order valence-corrected chi connectivity index (χ1v) is 10.8. The van der Waals surface area contributed by atoms with E-state index in [1.165, 1.54) is 6.21 Å². The Hall–Kier alpha value is -4.46. The lowest BCUT2D eigenvalue weighted by molar-refractivity contribution is -0.136. The monoisotopic (exact) mass is 458 g/mol. The zero-order chi connectivity index (χ0) is 24.3. The molecule has 0 saturated carbocycles. The number of nitrogens with one attached hydrogen (secondary N) is 3. The molecule has 3 N–H and O–H groups in total. The van der Waals surface area contributed by atoms with Crippen molar-refractivity contribution in [2.75, 3.05) is 17.2 Å². The second-order valence-electron chi connectivity index (χ2n) is 7.41. The third kappa shape index (κ3) is 7.03. The average Bonchev–Trinajstić information content (AvgIpc) is 2.83. The fraction of sp³-hybridized carbons (Fsp3) is 0.154. The molecule has 0 heterocycles. The first-order valence-electron chi connectivity index (χ1n) is 10.8. The Kier molecular flexibility index (Phi) is 8.51. The molecule has 0 fully saturated rings. The fourth-order valence-electron chi connectivity index (χ4n) is 3.12. The van der Waals surface area contributed by atoms with E-state index in [1.807, 2.05) is 44.2 Å². The van der Waals surface area contributed by atoms with Crippen molar-refractivity contribution in [3.8, 4) is 5.75 Å². The summed E-state index contributed by atoms with van der Waals surface area (Å²) >= 11 is 0. The molecule has 0 unspecified atom stereocenters. The van der Waals surface area contributed by atoms with Gasteiger partial charge in [-0.1, -0.05) is 49.4 Å². The van der Waals surface area contributed by atoms with Crippen LogP contribution in [0, 0.1) is 6.92 Å². The minimum atomic E-state index is -0.912. The number of carbonyl (C=O) groups is 3. The third-order valence-corrected chi connectivity index (χ3v) is 4.80. The number of hydrogen-bond donors (Lipinski definition) is 3. The van der Waals surface area contributed by atoms with E-state index in [-0.39, 0.29) is 12.5 Å². The summed E-state index contributed by atoms with van der Waals surface area (Å²) < 4.78 is 5.64. The number of anilines is 2. The zero-order valence-corrected chi connectivity index (χ0v) is 19.0. The molecule has 174 valence electrons. The average molecular weight is 459 g/mol. The number of para-hydroxylation sites is 2. The topological polar surface area (TPSA) is 109 Å². The molecule has 0 aliphatic heterocycles. The van der Waals surface area contributed by atoms with Gasteiger partial charge in [0, 0.05) is 16.9 Å². The van der Waals surface area contributed by atoms with Gasteiger partial charge in [0.2, 0.25) is 0 Å². The first kappa shape index (κ1) is 24.2. The Morgan fingerprint density at radius 3 is 2.47 bits per heavy atom. The maximum Gasteiger partial charge on any atom is 0.329 e. The smallest absolute Gasteiger partial charge is 0.329 e. The molecular weight excluding hydrogens is 432 g/mol. The molecule has 8 nitrogen and oxygen atoms in total. The summed E-state index contributed by atoms with van der Waals surface area (Å²) in [5, 5.41) is 9.19. The van der Waals surface area contributed by atoms with Gasteiger partial charge in [0.05, 0.1) is 6.21 Å². The van der Waals surface area contributed by atoms with Crippen molar-refractivity contribution in [1.29, 1.82) is 0 Å². The Balaban J connectivity index is 1.54. The standard InChI is InChI=1S/C26H26N4O4/c1-3-19-10-4-6-13-22(19)29-24(31)17-34-23-14-7-5-11-20(23)16-27-30-26(33)25(32)28-21-12-8-9-18(2)15-21/h4-16H,3,17H2,1-2H3,(H,28,32)(H,29,31)(H,30,33)/b27-16-. The second kappa shape index (κ2) is 12.0. The van der Waals surface area contributed by atoms with Gasteiger partial charge in [0.15, 0.2) is 6.61 Å². The lowest BCUT2D eigenvalue weighted by Crippen LogP contribution is -2.32. The van der Waals surface area contributed by atoms with Gasteiger partial charge in [0.1, 0.15) is 5.75 Å². The number of ether oxygens (including phenoxy) is 1. The van der Waals surface area contributed by atoms with Crippen LogP contribution in [-0.4, -0.2) is 30.5 Å². The highest BCUT2D eigenvalue weighted by Gasteiger charge is 2.13. The quantitative estimate of drug-likeness (QED) is 0.272. The molecule has 0 aromatic heterocycles. The van der Waals surface area contributed by atoms with E-state index in [0.29, 0.717) is 17.0 Å². The zero-order valence-electron chi connectivity index (χ0n) is 19.0. The molecule has 0 saturated heterocycles. The van der Waals surface area contributed by atoms with Gasteiger partial charge in [0.25, 0.3) is 5.91 Å². The summed E-state index contributed by atoms with van der Waals surface area (Å²) in [7, 11) is 0. The van der Waals surface area contributed by atoms with Crippen LogP contribution in [0.15, 0.2) is 77.9 Å². The van der Waals surface area contributed by atoms with Crippen LogP contribution in [-0.2, 0) is 20.8 Å². The lowest BCUT2D eigenvalue weighted by Gasteiger charge is -2.11.